The van der Waals surface area contributed by atoms with E-state index >= 15 is 9.13 Å². The number of hydrogen-bond acceptors (Lipinski definition) is 2. The fraction of sp³-hybridized carbons (Fsp3) is 0.0750. The van der Waals surface area contributed by atoms with E-state index in [0.717, 1.165) is 66.1 Å². The Bertz CT molecular complexity index is 4710. The van der Waals surface area contributed by atoms with Crippen LogP contribution in [0.1, 0.15) is 48.6 Å². The second-order valence-corrected chi connectivity index (χ2v) is 29.2. The van der Waals surface area contributed by atoms with Crippen LogP contribution in [0.2, 0.25) is 0 Å². The Morgan fingerprint density at radius 1 is 0.262 bits per heavy atom. The Morgan fingerprint density at radius 3 is 1.08 bits per heavy atom. The molecule has 84 heavy (non-hydrogen) atoms. The van der Waals surface area contributed by atoms with E-state index in [4.69, 9.17) is 0 Å². The van der Waals surface area contributed by atoms with Crippen LogP contribution >= 0.6 is 14.3 Å². The number of hydrogen-bond donors (Lipinski definition) is 0. The van der Waals surface area contributed by atoms with Crippen molar-refractivity contribution in [1.82, 2.24) is 0 Å². The molecule has 0 N–H and O–H groups in total. The van der Waals surface area contributed by atoms with Gasteiger partial charge in [-0.3, -0.25) is 0 Å². The van der Waals surface area contributed by atoms with Crippen LogP contribution in [0.25, 0.3) is 77.2 Å². The van der Waals surface area contributed by atoms with Gasteiger partial charge in [0.2, 0.25) is 0 Å². The van der Waals surface area contributed by atoms with Gasteiger partial charge in [-0.25, -0.2) is 0 Å². The van der Waals surface area contributed by atoms with Crippen molar-refractivity contribution in [3.8, 4) is 55.6 Å². The van der Waals surface area contributed by atoms with Crippen LogP contribution in [0.15, 0.2) is 297 Å². The number of benzene rings is 13. The fourth-order valence-corrected chi connectivity index (χ4v) is 19.2. The standard InChI is InChI=1S/C80H60O2P2/c1-79(2)75-44-38-61(58-36-42-70(43-37-58)84(82,67-24-12-6-13-25-67)68-26-14-7-15-27-68)48-71(75)73-50-64-46-54(28-29-63(64)51-77(73)79)53-80(3)76-45-39-62(49-72(76)74-47-59-18-16-17-19-60(59)52-78(74)80)57-32-30-55(31-33-57)56-34-40-69(41-35-56)83(81,65-20-8-4-9-21-65)66-22-10-5-11-23-66/h4-52H,53H2,1-3H3. The van der Waals surface area contributed by atoms with Gasteiger partial charge in [-0.1, -0.05) is 282 Å². The minimum Gasteiger partial charge on any atom is -0.309 e. The molecule has 13 aromatic carbocycles. The number of rotatable bonds is 11. The zero-order valence-corrected chi connectivity index (χ0v) is 49.0. The van der Waals surface area contributed by atoms with Crippen LogP contribution in [0.4, 0.5) is 0 Å². The molecule has 4 heteroatoms. The lowest BCUT2D eigenvalue weighted by atomic mass is 9.74. The molecule has 0 spiro atoms. The average Bonchev–Trinajstić information content (AvgIpc) is 1.94. The van der Waals surface area contributed by atoms with Crippen LogP contribution in [0.5, 0.6) is 0 Å². The first-order chi connectivity index (χ1) is 41.0. The molecule has 0 heterocycles. The zero-order valence-electron chi connectivity index (χ0n) is 47.2. The maximum absolute atomic E-state index is 15.2. The Labute approximate surface area is 492 Å². The monoisotopic (exact) mass is 1110 g/mol. The summed E-state index contributed by atoms with van der Waals surface area (Å²) >= 11 is 0. The topological polar surface area (TPSA) is 34.1 Å². The average molecular weight is 1120 g/mol. The van der Waals surface area contributed by atoms with Crippen LogP contribution < -0.4 is 31.8 Å². The van der Waals surface area contributed by atoms with E-state index in [1.165, 1.54) is 77.2 Å². The molecule has 1 atom stereocenters. The summed E-state index contributed by atoms with van der Waals surface area (Å²) in [5, 5.41) is 10.00. The molecular weight excluding hydrogens is 1050 g/mol. The molecule has 13 aromatic rings. The van der Waals surface area contributed by atoms with Gasteiger partial charge in [-0.2, -0.15) is 0 Å². The highest BCUT2D eigenvalue weighted by atomic mass is 31.2. The second kappa shape index (κ2) is 20.0. The molecule has 0 aliphatic heterocycles. The SMILES string of the molecule is CC1(C)c2ccc(-c3ccc(P(=O)(c4ccccc4)c4ccccc4)cc3)cc2-c2cc3cc(CC4(C)c5ccc(-c6ccc(-c7ccc(P(=O)(c8ccccc8)c8ccccc8)cc7)cc6)cc5-c5cc6ccccc6cc54)ccc3cc21. The van der Waals surface area contributed by atoms with Gasteiger partial charge in [0.15, 0.2) is 14.3 Å². The predicted octanol–water partition coefficient (Wildman–Crippen LogP) is 18.1. The van der Waals surface area contributed by atoms with Crippen molar-refractivity contribution >= 4 is 67.7 Å². The molecule has 0 amide bonds. The van der Waals surface area contributed by atoms with E-state index < -0.39 is 14.3 Å². The largest absolute Gasteiger partial charge is 0.309 e. The minimum atomic E-state index is -3.09. The summed E-state index contributed by atoms with van der Waals surface area (Å²) in [5.41, 5.74) is 18.2. The minimum absolute atomic E-state index is 0.168. The third-order valence-corrected chi connectivity index (χ3v) is 24.6. The van der Waals surface area contributed by atoms with Gasteiger partial charge in [0.05, 0.1) is 0 Å². The normalized spacial score (nSPS) is 14.9. The molecular formula is C80H60O2P2. The molecule has 0 aromatic heterocycles. The maximum atomic E-state index is 15.2. The molecule has 0 radical (unpaired) electrons. The van der Waals surface area contributed by atoms with Crippen LogP contribution in [-0.4, -0.2) is 0 Å². The van der Waals surface area contributed by atoms with Crippen molar-refractivity contribution in [2.45, 2.75) is 38.0 Å². The number of fused-ring (bicyclic) bond motifs is 8. The summed E-state index contributed by atoms with van der Waals surface area (Å²) in [5.74, 6) is 0. The van der Waals surface area contributed by atoms with Crippen LogP contribution in [0, 0.1) is 0 Å². The Balaban J connectivity index is 0.741. The van der Waals surface area contributed by atoms with Crippen molar-refractivity contribution in [2.75, 3.05) is 0 Å². The smallest absolute Gasteiger partial charge is 0.171 e. The molecule has 15 rings (SSSR count). The van der Waals surface area contributed by atoms with E-state index in [1.807, 2.05) is 133 Å². The summed E-state index contributed by atoms with van der Waals surface area (Å²) in [6.07, 6.45) is 0.848. The predicted molar refractivity (Wildman–Crippen MR) is 356 cm³/mol. The summed E-state index contributed by atoms with van der Waals surface area (Å²) in [6.45, 7) is 7.17. The zero-order chi connectivity index (χ0) is 56.8. The molecule has 402 valence electrons. The molecule has 1 unspecified atom stereocenters. The van der Waals surface area contributed by atoms with Crippen molar-refractivity contribution in [2.24, 2.45) is 0 Å². The molecule has 0 fully saturated rings. The van der Waals surface area contributed by atoms with Gasteiger partial charge in [-0.15, -0.1) is 0 Å². The molecule has 2 nitrogen and oxygen atoms in total. The molecule has 0 saturated heterocycles. The first-order valence-corrected chi connectivity index (χ1v) is 32.5. The highest BCUT2D eigenvalue weighted by Gasteiger charge is 2.41. The molecule has 2 aliphatic rings. The first-order valence-electron chi connectivity index (χ1n) is 29.1. The summed E-state index contributed by atoms with van der Waals surface area (Å²) < 4.78 is 30.3. The van der Waals surface area contributed by atoms with Crippen LogP contribution in [0.3, 0.4) is 0 Å². The molecule has 2 aliphatic carbocycles. The Morgan fingerprint density at radius 2 is 0.595 bits per heavy atom. The quantitative estimate of drug-likeness (QED) is 0.121. The Hall–Kier alpha value is -9.16. The lowest BCUT2D eigenvalue weighted by molar-refractivity contribution is 0.584. The second-order valence-electron chi connectivity index (χ2n) is 23.7. The molecule has 0 saturated carbocycles. The van der Waals surface area contributed by atoms with Gasteiger partial charge in [-0.05, 0) is 148 Å². The van der Waals surface area contributed by atoms with Gasteiger partial charge < -0.3 is 9.13 Å². The van der Waals surface area contributed by atoms with E-state index in [-0.39, 0.29) is 10.8 Å². The Kier molecular flexibility index (Phi) is 12.3. The third-order valence-electron chi connectivity index (χ3n) is 18.5. The van der Waals surface area contributed by atoms with Crippen molar-refractivity contribution in [1.29, 1.82) is 0 Å². The van der Waals surface area contributed by atoms with Crippen molar-refractivity contribution in [3.05, 3.63) is 325 Å². The van der Waals surface area contributed by atoms with Gasteiger partial charge in [0.25, 0.3) is 0 Å². The molecule has 0 bridgehead atoms. The highest BCUT2D eigenvalue weighted by molar-refractivity contribution is 7.85. The summed E-state index contributed by atoms with van der Waals surface area (Å²) in [4.78, 5) is 0. The van der Waals surface area contributed by atoms with E-state index in [1.54, 1.807) is 0 Å². The fourth-order valence-electron chi connectivity index (χ4n) is 14.0. The lowest BCUT2D eigenvalue weighted by Gasteiger charge is -2.28. The van der Waals surface area contributed by atoms with E-state index in [0.29, 0.717) is 0 Å². The van der Waals surface area contributed by atoms with Crippen LogP contribution in [-0.2, 0) is 26.4 Å². The van der Waals surface area contributed by atoms with E-state index in [2.05, 4.69) is 185 Å². The van der Waals surface area contributed by atoms with Gasteiger partial charge in [0, 0.05) is 42.7 Å². The van der Waals surface area contributed by atoms with E-state index in [9.17, 15) is 0 Å². The maximum Gasteiger partial charge on any atom is 0.171 e. The third kappa shape index (κ3) is 8.38. The summed E-state index contributed by atoms with van der Waals surface area (Å²) in [6, 6.07) is 105. The lowest BCUT2D eigenvalue weighted by Crippen LogP contribution is -2.24. The highest BCUT2D eigenvalue weighted by Crippen LogP contribution is 2.55. The first kappa shape index (κ1) is 51.7. The van der Waals surface area contributed by atoms with Gasteiger partial charge >= 0.3 is 0 Å². The van der Waals surface area contributed by atoms with Gasteiger partial charge in [0.1, 0.15) is 0 Å². The van der Waals surface area contributed by atoms with Crippen molar-refractivity contribution in [3.63, 3.8) is 0 Å². The van der Waals surface area contributed by atoms with Crippen molar-refractivity contribution < 1.29 is 9.13 Å². The summed E-state index contributed by atoms with van der Waals surface area (Å²) in [7, 11) is -6.16.